The molecule has 0 spiro atoms. The van der Waals surface area contributed by atoms with Crippen LogP contribution in [0.2, 0.25) is 0 Å². The second kappa shape index (κ2) is 5.36. The third kappa shape index (κ3) is 2.63. The number of amides is 2. The van der Waals surface area contributed by atoms with Crippen LogP contribution in [0.15, 0.2) is 48.5 Å². The molecule has 21 heavy (non-hydrogen) atoms. The van der Waals surface area contributed by atoms with Gasteiger partial charge in [-0.3, -0.25) is 4.90 Å². The van der Waals surface area contributed by atoms with Crippen molar-refractivity contribution in [3.05, 3.63) is 54.1 Å². The first kappa shape index (κ1) is 13.3. The second-order valence-corrected chi connectivity index (χ2v) is 5.08. The van der Waals surface area contributed by atoms with E-state index in [0.29, 0.717) is 25.3 Å². The van der Waals surface area contributed by atoms with Crippen molar-refractivity contribution >= 4 is 17.4 Å². The molecule has 1 saturated heterocycles. The van der Waals surface area contributed by atoms with E-state index in [1.54, 1.807) is 34.1 Å². The minimum absolute atomic E-state index is 0.0590. The summed E-state index contributed by atoms with van der Waals surface area (Å²) in [4.78, 5) is 15.9. The van der Waals surface area contributed by atoms with Gasteiger partial charge in [-0.2, -0.15) is 0 Å². The summed E-state index contributed by atoms with van der Waals surface area (Å²) in [6.45, 7) is 1.74. The summed E-state index contributed by atoms with van der Waals surface area (Å²) in [6.07, 6.45) is 0. The number of benzene rings is 2. The number of anilines is 2. The summed E-state index contributed by atoms with van der Waals surface area (Å²) in [5, 5.41) is 9.49. The second-order valence-electron chi connectivity index (χ2n) is 5.08. The van der Waals surface area contributed by atoms with Gasteiger partial charge in [-0.05, 0) is 29.8 Å². The van der Waals surface area contributed by atoms with Crippen LogP contribution in [0.3, 0.4) is 0 Å². The lowest BCUT2D eigenvalue weighted by atomic mass is 10.2. The van der Waals surface area contributed by atoms with Crippen LogP contribution in [0.5, 0.6) is 5.75 Å². The highest BCUT2D eigenvalue weighted by atomic mass is 16.3. The maximum Gasteiger partial charge on any atom is 0.324 e. The Morgan fingerprint density at radius 1 is 1.10 bits per heavy atom. The van der Waals surface area contributed by atoms with E-state index in [1.807, 2.05) is 24.3 Å². The normalized spacial score (nSPS) is 14.8. The first-order chi connectivity index (χ1) is 10.1. The molecular weight excluding hydrogens is 266 g/mol. The molecule has 0 saturated carbocycles. The van der Waals surface area contributed by atoms with E-state index in [-0.39, 0.29) is 11.8 Å². The molecule has 3 N–H and O–H groups in total. The summed E-state index contributed by atoms with van der Waals surface area (Å²) in [7, 11) is 0. The molecule has 2 aromatic carbocycles. The number of phenols is 1. The molecule has 1 aliphatic rings. The number of urea groups is 1. The van der Waals surface area contributed by atoms with Gasteiger partial charge >= 0.3 is 6.03 Å². The molecule has 1 heterocycles. The first-order valence-corrected chi connectivity index (χ1v) is 6.84. The van der Waals surface area contributed by atoms with Crippen LogP contribution in [-0.4, -0.2) is 29.1 Å². The topological polar surface area (TPSA) is 69.8 Å². The molecule has 1 fully saturated rings. The zero-order valence-corrected chi connectivity index (χ0v) is 11.6. The Kier molecular flexibility index (Phi) is 3.39. The Morgan fingerprint density at radius 3 is 2.67 bits per heavy atom. The van der Waals surface area contributed by atoms with Gasteiger partial charge in [0.25, 0.3) is 0 Å². The highest BCUT2D eigenvalue weighted by Crippen LogP contribution is 2.27. The number of carbonyl (C=O) groups is 1. The van der Waals surface area contributed by atoms with E-state index in [9.17, 15) is 9.90 Å². The molecular formula is C16H17N3O2. The summed E-state index contributed by atoms with van der Waals surface area (Å²) in [6, 6.07) is 14.3. The van der Waals surface area contributed by atoms with Crippen molar-refractivity contribution in [1.29, 1.82) is 0 Å². The molecule has 0 radical (unpaired) electrons. The van der Waals surface area contributed by atoms with Gasteiger partial charge in [0.2, 0.25) is 0 Å². The minimum Gasteiger partial charge on any atom is -0.508 e. The Balaban J connectivity index is 1.76. The maximum absolute atomic E-state index is 12.5. The van der Waals surface area contributed by atoms with E-state index < -0.39 is 0 Å². The Hall–Kier alpha value is -2.69. The van der Waals surface area contributed by atoms with Gasteiger partial charge in [0, 0.05) is 19.6 Å². The van der Waals surface area contributed by atoms with Gasteiger partial charge in [0.1, 0.15) is 5.75 Å². The molecule has 0 bridgehead atoms. The van der Waals surface area contributed by atoms with Crippen LogP contribution >= 0.6 is 0 Å². The van der Waals surface area contributed by atoms with Crippen LogP contribution < -0.4 is 10.6 Å². The van der Waals surface area contributed by atoms with Gasteiger partial charge < -0.3 is 15.7 Å². The molecule has 108 valence electrons. The van der Waals surface area contributed by atoms with Crippen LogP contribution in [0.25, 0.3) is 0 Å². The summed E-state index contributed by atoms with van der Waals surface area (Å²) >= 11 is 0. The number of carbonyl (C=O) groups excluding carboxylic acids is 1. The number of nitrogen functional groups attached to an aromatic ring is 1. The molecule has 0 unspecified atom stereocenters. The molecule has 5 nitrogen and oxygen atoms in total. The Morgan fingerprint density at radius 2 is 1.90 bits per heavy atom. The number of nitrogens with two attached hydrogens (primary N) is 1. The first-order valence-electron chi connectivity index (χ1n) is 6.84. The van der Waals surface area contributed by atoms with E-state index in [4.69, 9.17) is 5.73 Å². The largest absolute Gasteiger partial charge is 0.508 e. The third-order valence-electron chi connectivity index (χ3n) is 3.61. The molecule has 2 amide bonds. The van der Waals surface area contributed by atoms with E-state index >= 15 is 0 Å². The third-order valence-corrected chi connectivity index (χ3v) is 3.61. The number of aromatic hydroxyl groups is 1. The number of hydrogen-bond donors (Lipinski definition) is 2. The fourth-order valence-electron chi connectivity index (χ4n) is 2.56. The highest BCUT2D eigenvalue weighted by Gasteiger charge is 2.30. The fraction of sp³-hybridized carbons (Fsp3) is 0.188. The smallest absolute Gasteiger partial charge is 0.324 e. The quantitative estimate of drug-likeness (QED) is 0.850. The predicted molar refractivity (Wildman–Crippen MR) is 82.1 cm³/mol. The average molecular weight is 283 g/mol. The number of hydrogen-bond acceptors (Lipinski definition) is 3. The standard InChI is InChI=1S/C16H17N3O2/c17-14-6-1-2-7-15(14)19-9-8-18(16(19)21)11-12-4-3-5-13(20)10-12/h1-7,10,20H,8-9,11,17H2. The van der Waals surface area contributed by atoms with Crippen LogP contribution in [0.4, 0.5) is 16.2 Å². The molecule has 2 aromatic rings. The number of phenolic OH excluding ortho intramolecular Hbond substituents is 1. The zero-order chi connectivity index (χ0) is 14.8. The van der Waals surface area contributed by atoms with Gasteiger partial charge in [-0.15, -0.1) is 0 Å². The lowest BCUT2D eigenvalue weighted by Gasteiger charge is -2.20. The Labute approximate surface area is 123 Å². The average Bonchev–Trinajstić information content (AvgIpc) is 2.81. The van der Waals surface area contributed by atoms with E-state index in [0.717, 1.165) is 11.3 Å². The fourth-order valence-corrected chi connectivity index (χ4v) is 2.56. The summed E-state index contributed by atoms with van der Waals surface area (Å²) in [5.74, 6) is 0.211. The van der Waals surface area contributed by atoms with Crippen molar-refractivity contribution in [2.45, 2.75) is 6.54 Å². The summed E-state index contributed by atoms with van der Waals surface area (Å²) < 4.78 is 0. The van der Waals surface area contributed by atoms with E-state index in [1.165, 1.54) is 0 Å². The molecule has 1 aliphatic heterocycles. The van der Waals surface area contributed by atoms with Crippen molar-refractivity contribution < 1.29 is 9.90 Å². The van der Waals surface area contributed by atoms with Crippen molar-refractivity contribution in [2.75, 3.05) is 23.7 Å². The lowest BCUT2D eigenvalue weighted by Crippen LogP contribution is -2.31. The van der Waals surface area contributed by atoms with Crippen molar-refractivity contribution in [3.8, 4) is 5.75 Å². The van der Waals surface area contributed by atoms with Gasteiger partial charge in [0.15, 0.2) is 0 Å². The van der Waals surface area contributed by atoms with Gasteiger partial charge in [0.05, 0.1) is 11.4 Å². The van der Waals surface area contributed by atoms with Crippen molar-refractivity contribution in [1.82, 2.24) is 4.90 Å². The molecule has 5 heteroatoms. The molecule has 0 aromatic heterocycles. The van der Waals surface area contributed by atoms with E-state index in [2.05, 4.69) is 0 Å². The van der Waals surface area contributed by atoms with Crippen LogP contribution in [-0.2, 0) is 6.54 Å². The van der Waals surface area contributed by atoms with Crippen LogP contribution in [0, 0.1) is 0 Å². The number of para-hydroxylation sites is 2. The van der Waals surface area contributed by atoms with Crippen LogP contribution in [0.1, 0.15) is 5.56 Å². The molecule has 0 atom stereocenters. The van der Waals surface area contributed by atoms with Gasteiger partial charge in [-0.1, -0.05) is 24.3 Å². The maximum atomic E-state index is 12.5. The minimum atomic E-state index is -0.0590. The molecule has 3 rings (SSSR count). The number of rotatable bonds is 3. The SMILES string of the molecule is Nc1ccccc1N1CCN(Cc2cccc(O)c2)C1=O. The predicted octanol–water partition coefficient (Wildman–Crippen LogP) is 2.42. The zero-order valence-electron chi connectivity index (χ0n) is 11.6. The van der Waals surface area contributed by atoms with Crippen molar-refractivity contribution in [3.63, 3.8) is 0 Å². The lowest BCUT2D eigenvalue weighted by molar-refractivity contribution is 0.218. The Bertz CT molecular complexity index is 672. The highest BCUT2D eigenvalue weighted by molar-refractivity contribution is 5.97. The van der Waals surface area contributed by atoms with Crippen molar-refractivity contribution in [2.24, 2.45) is 0 Å². The summed E-state index contributed by atoms with van der Waals surface area (Å²) in [5.41, 5.74) is 8.20. The monoisotopic (exact) mass is 283 g/mol. The molecule has 0 aliphatic carbocycles. The van der Waals surface area contributed by atoms with Gasteiger partial charge in [-0.25, -0.2) is 4.79 Å². The number of nitrogens with zero attached hydrogens (tertiary/aromatic N) is 2.